The number of ether oxygens (including phenoxy) is 1. The van der Waals surface area contributed by atoms with Crippen molar-refractivity contribution in [2.24, 2.45) is 0 Å². The van der Waals surface area contributed by atoms with E-state index in [9.17, 15) is 10.1 Å². The van der Waals surface area contributed by atoms with E-state index in [0.29, 0.717) is 0 Å². The number of alkyl halides is 1. The highest BCUT2D eigenvalue weighted by atomic mass is 79.9. The Labute approximate surface area is 105 Å². The number of nitrogens with zero attached hydrogens (tertiary/aromatic N) is 2. The summed E-state index contributed by atoms with van der Waals surface area (Å²) in [7, 11) is 0. The van der Waals surface area contributed by atoms with Gasteiger partial charge in [-0.2, -0.15) is 5.26 Å². The van der Waals surface area contributed by atoms with Gasteiger partial charge in [0.15, 0.2) is 5.38 Å². The van der Waals surface area contributed by atoms with Gasteiger partial charge < -0.3 is 4.74 Å². The third-order valence-corrected chi connectivity index (χ3v) is 2.69. The van der Waals surface area contributed by atoms with Crippen molar-refractivity contribution in [2.45, 2.75) is 5.38 Å². The molecule has 0 aromatic heterocycles. The molecule has 84 valence electrons. The highest BCUT2D eigenvalue weighted by molar-refractivity contribution is 9.10. The molecule has 0 radical (unpaired) electrons. The molecule has 0 aliphatic heterocycles. The lowest BCUT2D eigenvalue weighted by atomic mass is 10.3. The van der Waals surface area contributed by atoms with E-state index in [1.807, 2.05) is 0 Å². The van der Waals surface area contributed by atoms with Crippen molar-refractivity contribution in [2.75, 3.05) is 6.61 Å². The van der Waals surface area contributed by atoms with Crippen molar-refractivity contribution in [3.8, 4) is 11.8 Å². The third-order valence-electron chi connectivity index (χ3n) is 1.66. The smallest absolute Gasteiger partial charge is 0.287 e. The van der Waals surface area contributed by atoms with Crippen molar-refractivity contribution < 1.29 is 9.66 Å². The molecule has 0 amide bonds. The first-order valence-corrected chi connectivity index (χ1v) is 5.38. The lowest BCUT2D eigenvalue weighted by molar-refractivity contribution is -0.385. The summed E-state index contributed by atoms with van der Waals surface area (Å²) in [5, 5.41) is 18.3. The molecule has 1 rings (SSSR count). The largest absolute Gasteiger partial charge is 0.489 e. The van der Waals surface area contributed by atoms with Gasteiger partial charge in [-0.15, -0.1) is 11.6 Å². The van der Waals surface area contributed by atoms with Crippen LogP contribution in [0.1, 0.15) is 0 Å². The molecular formula is C9H6BrClN2O3. The third kappa shape index (κ3) is 3.08. The van der Waals surface area contributed by atoms with E-state index in [0.717, 1.165) is 0 Å². The van der Waals surface area contributed by atoms with Crippen LogP contribution in [0.5, 0.6) is 5.75 Å². The first-order chi connectivity index (χ1) is 7.56. The molecule has 0 heterocycles. The Balaban J connectivity index is 2.86. The molecule has 0 N–H and O–H groups in total. The summed E-state index contributed by atoms with van der Waals surface area (Å²) < 4.78 is 5.41. The summed E-state index contributed by atoms with van der Waals surface area (Å²) in [6.07, 6.45) is 0. The van der Waals surface area contributed by atoms with Crippen LogP contribution in [0.3, 0.4) is 0 Å². The van der Waals surface area contributed by atoms with Crippen LogP contribution in [0.2, 0.25) is 0 Å². The number of nitriles is 1. The molecule has 7 heteroatoms. The number of hydrogen-bond acceptors (Lipinski definition) is 4. The van der Waals surface area contributed by atoms with Crippen LogP contribution in [-0.2, 0) is 0 Å². The molecule has 1 aromatic rings. The van der Waals surface area contributed by atoms with Gasteiger partial charge in [0.05, 0.1) is 11.0 Å². The van der Waals surface area contributed by atoms with E-state index >= 15 is 0 Å². The van der Waals surface area contributed by atoms with Gasteiger partial charge in [-0.05, 0) is 22.0 Å². The molecule has 0 fully saturated rings. The van der Waals surface area contributed by atoms with E-state index in [4.69, 9.17) is 21.6 Å². The molecule has 0 aliphatic carbocycles. The fraction of sp³-hybridized carbons (Fsp3) is 0.222. The van der Waals surface area contributed by atoms with Gasteiger partial charge in [0, 0.05) is 6.07 Å². The quantitative estimate of drug-likeness (QED) is 0.487. The molecule has 0 spiro atoms. The molecule has 0 bridgehead atoms. The summed E-state index contributed by atoms with van der Waals surface area (Å²) in [4.78, 5) is 10.1. The van der Waals surface area contributed by atoms with Crippen LogP contribution in [0.15, 0.2) is 22.7 Å². The lowest BCUT2D eigenvalue weighted by Gasteiger charge is -2.07. The van der Waals surface area contributed by atoms with Crippen molar-refractivity contribution >= 4 is 33.2 Å². The molecule has 0 saturated carbocycles. The average molecular weight is 306 g/mol. The first-order valence-electron chi connectivity index (χ1n) is 4.15. The number of nitro groups is 1. The van der Waals surface area contributed by atoms with Gasteiger partial charge in [-0.3, -0.25) is 10.1 Å². The number of halogens is 2. The Morgan fingerprint density at radius 3 is 2.94 bits per heavy atom. The molecule has 1 atom stereocenters. The van der Waals surface area contributed by atoms with Gasteiger partial charge in [-0.1, -0.05) is 6.07 Å². The molecule has 5 nitrogen and oxygen atoms in total. The minimum absolute atomic E-state index is 0.0299. The molecule has 1 unspecified atom stereocenters. The summed E-state index contributed by atoms with van der Waals surface area (Å²) in [5.41, 5.74) is -0.0967. The molecule has 0 aliphatic rings. The second-order valence-corrected chi connectivity index (χ2v) is 4.07. The zero-order valence-electron chi connectivity index (χ0n) is 7.89. The van der Waals surface area contributed by atoms with Crippen LogP contribution in [0.25, 0.3) is 0 Å². The van der Waals surface area contributed by atoms with Crippen LogP contribution >= 0.6 is 27.5 Å². The Bertz CT molecular complexity index is 447. The van der Waals surface area contributed by atoms with Crippen molar-refractivity contribution in [3.63, 3.8) is 0 Å². The summed E-state index contributed by atoms with van der Waals surface area (Å²) in [5.74, 6) is 0.287. The normalized spacial score (nSPS) is 11.6. The Morgan fingerprint density at radius 1 is 1.69 bits per heavy atom. The monoisotopic (exact) mass is 304 g/mol. The minimum Gasteiger partial charge on any atom is -0.489 e. The van der Waals surface area contributed by atoms with Crippen LogP contribution in [-0.4, -0.2) is 16.9 Å². The van der Waals surface area contributed by atoms with Gasteiger partial charge in [0.2, 0.25) is 0 Å². The van der Waals surface area contributed by atoms with E-state index in [1.54, 1.807) is 12.1 Å². The van der Waals surface area contributed by atoms with Crippen molar-refractivity contribution in [3.05, 3.63) is 32.8 Å². The van der Waals surface area contributed by atoms with Crippen LogP contribution in [0, 0.1) is 21.4 Å². The predicted octanol–water partition coefficient (Wildman–Crippen LogP) is 2.87. The van der Waals surface area contributed by atoms with E-state index in [-0.39, 0.29) is 22.5 Å². The Morgan fingerprint density at radius 2 is 2.38 bits per heavy atom. The maximum absolute atomic E-state index is 10.6. The fourth-order valence-corrected chi connectivity index (χ4v) is 1.54. The number of hydrogen-bond donors (Lipinski definition) is 0. The van der Waals surface area contributed by atoms with E-state index in [1.165, 1.54) is 12.1 Å². The number of benzene rings is 1. The average Bonchev–Trinajstić information content (AvgIpc) is 2.26. The van der Waals surface area contributed by atoms with Crippen LogP contribution in [0.4, 0.5) is 5.69 Å². The van der Waals surface area contributed by atoms with Gasteiger partial charge in [-0.25, -0.2) is 0 Å². The highest BCUT2D eigenvalue weighted by Gasteiger charge is 2.16. The van der Waals surface area contributed by atoms with Crippen molar-refractivity contribution in [1.29, 1.82) is 5.26 Å². The second kappa shape index (κ2) is 5.68. The maximum atomic E-state index is 10.6. The fourth-order valence-electron chi connectivity index (χ4n) is 0.952. The van der Waals surface area contributed by atoms with Gasteiger partial charge in [0.1, 0.15) is 16.8 Å². The Kier molecular flexibility index (Phi) is 4.52. The SMILES string of the molecule is N#CC(Cl)COc1cccc([N+](=O)[O-])c1Br. The molecule has 0 saturated heterocycles. The summed E-state index contributed by atoms with van der Waals surface area (Å²) in [6, 6.07) is 6.18. The molecular weight excluding hydrogens is 299 g/mol. The predicted molar refractivity (Wildman–Crippen MR) is 61.5 cm³/mol. The topological polar surface area (TPSA) is 76.2 Å². The summed E-state index contributed by atoms with van der Waals surface area (Å²) in [6.45, 7) is -0.0299. The summed E-state index contributed by atoms with van der Waals surface area (Å²) >= 11 is 8.60. The maximum Gasteiger partial charge on any atom is 0.287 e. The molecule has 16 heavy (non-hydrogen) atoms. The van der Waals surface area contributed by atoms with Gasteiger partial charge >= 0.3 is 0 Å². The molecule has 1 aromatic carbocycles. The first kappa shape index (κ1) is 12.7. The highest BCUT2D eigenvalue weighted by Crippen LogP contribution is 2.33. The van der Waals surface area contributed by atoms with Crippen molar-refractivity contribution in [1.82, 2.24) is 0 Å². The van der Waals surface area contributed by atoms with E-state index in [2.05, 4.69) is 15.9 Å². The minimum atomic E-state index is -0.786. The number of nitro benzene ring substituents is 1. The van der Waals surface area contributed by atoms with Gasteiger partial charge in [0.25, 0.3) is 5.69 Å². The Hall–Kier alpha value is -1.32. The second-order valence-electron chi connectivity index (χ2n) is 2.75. The zero-order chi connectivity index (χ0) is 12.1. The number of rotatable bonds is 4. The standard InChI is InChI=1S/C9H6BrClN2O3/c10-9-7(13(14)15)2-1-3-8(9)16-5-6(11)4-12/h1-3,6H,5H2. The van der Waals surface area contributed by atoms with E-state index < -0.39 is 10.3 Å². The van der Waals surface area contributed by atoms with Crippen LogP contribution < -0.4 is 4.74 Å². The lowest BCUT2D eigenvalue weighted by Crippen LogP contribution is -2.09. The zero-order valence-corrected chi connectivity index (χ0v) is 10.2.